The van der Waals surface area contributed by atoms with Crippen molar-refractivity contribution in [3.63, 3.8) is 0 Å². The van der Waals surface area contributed by atoms with E-state index < -0.39 is 0 Å². The predicted molar refractivity (Wildman–Crippen MR) is 66.8 cm³/mol. The first-order valence-corrected chi connectivity index (χ1v) is 5.92. The lowest BCUT2D eigenvalue weighted by atomic mass is 10.1. The van der Waals surface area contributed by atoms with Gasteiger partial charge in [-0.2, -0.15) is 0 Å². The summed E-state index contributed by atoms with van der Waals surface area (Å²) in [4.78, 5) is 12.0. The maximum atomic E-state index is 12.0. The lowest BCUT2D eigenvalue weighted by molar-refractivity contribution is -0.119. The minimum absolute atomic E-state index is 0.0261. The molecule has 4 N–H and O–H groups in total. The summed E-state index contributed by atoms with van der Waals surface area (Å²) in [6.45, 7) is 1.86. The predicted octanol–water partition coefficient (Wildman–Crippen LogP) is 1.77. The molecule has 1 aromatic rings. The number of hydrogen-bond donors (Lipinski definition) is 3. The molecule has 92 valence electrons. The summed E-state index contributed by atoms with van der Waals surface area (Å²) in [5.41, 5.74) is 7.41. The van der Waals surface area contributed by atoms with Crippen molar-refractivity contribution >= 4 is 11.6 Å². The van der Waals surface area contributed by atoms with Gasteiger partial charge in [0.15, 0.2) is 0 Å². The second-order valence-corrected chi connectivity index (χ2v) is 4.76. The molecule has 0 saturated heterocycles. The highest BCUT2D eigenvalue weighted by Crippen LogP contribution is 2.27. The summed E-state index contributed by atoms with van der Waals surface area (Å²) < 4.78 is 0. The van der Waals surface area contributed by atoms with Crippen molar-refractivity contribution in [1.82, 2.24) is 0 Å². The highest BCUT2D eigenvalue weighted by atomic mass is 16.3. The smallest absolute Gasteiger partial charge is 0.227 e. The van der Waals surface area contributed by atoms with Crippen LogP contribution in [0, 0.1) is 12.8 Å². The second kappa shape index (κ2) is 4.75. The highest BCUT2D eigenvalue weighted by molar-refractivity contribution is 5.93. The van der Waals surface area contributed by atoms with Gasteiger partial charge in [-0.1, -0.05) is 0 Å². The topological polar surface area (TPSA) is 75.3 Å². The first-order valence-electron chi connectivity index (χ1n) is 5.92. The van der Waals surface area contributed by atoms with Crippen molar-refractivity contribution in [2.75, 3.05) is 5.32 Å². The van der Waals surface area contributed by atoms with Crippen molar-refractivity contribution in [3.8, 4) is 5.75 Å². The summed E-state index contributed by atoms with van der Waals surface area (Å²) in [6, 6.07) is 5.09. The number of phenolic OH excluding ortho intramolecular Hbond substituents is 1. The molecule has 0 radical (unpaired) electrons. The molecule has 1 aliphatic rings. The largest absolute Gasteiger partial charge is 0.508 e. The highest BCUT2D eigenvalue weighted by Gasteiger charge is 2.27. The Morgan fingerprint density at radius 3 is 2.82 bits per heavy atom. The van der Waals surface area contributed by atoms with Crippen LogP contribution in [-0.4, -0.2) is 17.1 Å². The molecule has 2 rings (SSSR count). The molecule has 1 aromatic carbocycles. The van der Waals surface area contributed by atoms with Gasteiger partial charge >= 0.3 is 0 Å². The lowest BCUT2D eigenvalue weighted by Gasteiger charge is -2.12. The van der Waals surface area contributed by atoms with Gasteiger partial charge in [0.05, 0.1) is 0 Å². The van der Waals surface area contributed by atoms with E-state index in [2.05, 4.69) is 5.32 Å². The third-order valence-corrected chi connectivity index (χ3v) is 3.31. The lowest BCUT2D eigenvalue weighted by Crippen LogP contribution is -2.23. The zero-order chi connectivity index (χ0) is 12.4. The van der Waals surface area contributed by atoms with E-state index in [0.717, 1.165) is 30.5 Å². The van der Waals surface area contributed by atoms with Crippen LogP contribution in [-0.2, 0) is 4.79 Å². The molecular formula is C13H18N2O2. The maximum absolute atomic E-state index is 12.0. The van der Waals surface area contributed by atoms with Crippen molar-refractivity contribution < 1.29 is 9.90 Å². The Bertz CT molecular complexity index is 431. The van der Waals surface area contributed by atoms with E-state index in [9.17, 15) is 9.90 Å². The number of rotatable bonds is 2. The molecule has 0 spiro atoms. The molecule has 1 saturated carbocycles. The van der Waals surface area contributed by atoms with Gasteiger partial charge in [-0.3, -0.25) is 4.79 Å². The summed E-state index contributed by atoms with van der Waals surface area (Å²) in [5, 5.41) is 12.2. The van der Waals surface area contributed by atoms with E-state index in [1.807, 2.05) is 6.92 Å². The van der Waals surface area contributed by atoms with Crippen LogP contribution in [0.5, 0.6) is 5.75 Å². The van der Waals surface area contributed by atoms with Gasteiger partial charge in [-0.15, -0.1) is 0 Å². The fourth-order valence-corrected chi connectivity index (χ4v) is 2.28. The number of nitrogens with one attached hydrogen (secondary N) is 1. The number of phenols is 1. The van der Waals surface area contributed by atoms with Gasteiger partial charge < -0.3 is 16.2 Å². The fourth-order valence-electron chi connectivity index (χ4n) is 2.28. The number of hydrogen-bond acceptors (Lipinski definition) is 3. The van der Waals surface area contributed by atoms with E-state index in [1.165, 1.54) is 0 Å². The number of nitrogens with two attached hydrogens (primary N) is 1. The molecule has 17 heavy (non-hydrogen) atoms. The Morgan fingerprint density at radius 1 is 1.47 bits per heavy atom. The average Bonchev–Trinajstić information content (AvgIpc) is 2.69. The molecule has 0 heterocycles. The first kappa shape index (κ1) is 11.9. The number of aryl methyl sites for hydroxylation is 1. The normalized spacial score (nSPS) is 23.6. The molecule has 0 aromatic heterocycles. The van der Waals surface area contributed by atoms with Crippen LogP contribution in [0.1, 0.15) is 24.8 Å². The summed E-state index contributed by atoms with van der Waals surface area (Å²) in [5.74, 6) is 0.272. The zero-order valence-corrected chi connectivity index (χ0v) is 9.94. The molecule has 1 fully saturated rings. The van der Waals surface area contributed by atoms with Crippen molar-refractivity contribution in [2.45, 2.75) is 32.2 Å². The zero-order valence-electron chi connectivity index (χ0n) is 9.94. The molecule has 0 aliphatic heterocycles. The standard InChI is InChI=1S/C13H18N2O2/c1-8-6-11(16)4-5-12(8)15-13(17)9-2-3-10(14)7-9/h4-6,9-10,16H,2-3,7,14H2,1H3,(H,15,17). The molecule has 0 bridgehead atoms. The van der Waals surface area contributed by atoms with Crippen LogP contribution in [0.3, 0.4) is 0 Å². The molecule has 1 amide bonds. The van der Waals surface area contributed by atoms with Crippen LogP contribution in [0.2, 0.25) is 0 Å². The van der Waals surface area contributed by atoms with Gasteiger partial charge in [0.1, 0.15) is 5.75 Å². The minimum Gasteiger partial charge on any atom is -0.508 e. The molecule has 2 unspecified atom stereocenters. The third-order valence-electron chi connectivity index (χ3n) is 3.31. The number of amides is 1. The summed E-state index contributed by atoms with van der Waals surface area (Å²) >= 11 is 0. The van der Waals surface area contributed by atoms with Gasteiger partial charge in [0, 0.05) is 17.6 Å². The SMILES string of the molecule is Cc1cc(O)ccc1NC(=O)C1CCC(N)C1. The number of anilines is 1. The van der Waals surface area contributed by atoms with Crippen molar-refractivity contribution in [3.05, 3.63) is 23.8 Å². The van der Waals surface area contributed by atoms with Crippen molar-refractivity contribution in [1.29, 1.82) is 0 Å². The van der Waals surface area contributed by atoms with Crippen LogP contribution in [0.4, 0.5) is 5.69 Å². The van der Waals surface area contributed by atoms with Crippen LogP contribution in [0.15, 0.2) is 18.2 Å². The monoisotopic (exact) mass is 234 g/mol. The summed E-state index contributed by atoms with van der Waals surface area (Å²) in [7, 11) is 0. The Morgan fingerprint density at radius 2 is 2.24 bits per heavy atom. The Hall–Kier alpha value is -1.55. The van der Waals surface area contributed by atoms with Crippen LogP contribution >= 0.6 is 0 Å². The van der Waals surface area contributed by atoms with Gasteiger partial charge in [0.25, 0.3) is 0 Å². The van der Waals surface area contributed by atoms with Crippen LogP contribution in [0.25, 0.3) is 0 Å². The van der Waals surface area contributed by atoms with Gasteiger partial charge in [-0.25, -0.2) is 0 Å². The van der Waals surface area contributed by atoms with Crippen LogP contribution < -0.4 is 11.1 Å². The molecule has 4 heteroatoms. The minimum atomic E-state index is 0.0261. The van der Waals surface area contributed by atoms with E-state index in [4.69, 9.17) is 5.73 Å². The number of carbonyl (C=O) groups is 1. The number of aromatic hydroxyl groups is 1. The first-order chi connectivity index (χ1) is 8.06. The maximum Gasteiger partial charge on any atom is 0.227 e. The molecule has 2 atom stereocenters. The second-order valence-electron chi connectivity index (χ2n) is 4.76. The summed E-state index contributed by atoms with van der Waals surface area (Å²) in [6.07, 6.45) is 2.56. The number of carbonyl (C=O) groups excluding carboxylic acids is 1. The number of benzene rings is 1. The Balaban J connectivity index is 2.03. The molecular weight excluding hydrogens is 216 g/mol. The quantitative estimate of drug-likeness (QED) is 0.682. The Kier molecular flexibility index (Phi) is 3.33. The molecule has 1 aliphatic carbocycles. The van der Waals surface area contributed by atoms with E-state index in [1.54, 1.807) is 18.2 Å². The van der Waals surface area contributed by atoms with E-state index in [-0.39, 0.29) is 23.6 Å². The van der Waals surface area contributed by atoms with Gasteiger partial charge in [-0.05, 0) is 49.9 Å². The van der Waals surface area contributed by atoms with E-state index in [0.29, 0.717) is 0 Å². The average molecular weight is 234 g/mol. The van der Waals surface area contributed by atoms with Gasteiger partial charge in [0.2, 0.25) is 5.91 Å². The third kappa shape index (κ3) is 2.77. The Labute approximate surface area is 101 Å². The fraction of sp³-hybridized carbons (Fsp3) is 0.462. The molecule has 4 nitrogen and oxygen atoms in total. The van der Waals surface area contributed by atoms with E-state index >= 15 is 0 Å². The van der Waals surface area contributed by atoms with Crippen molar-refractivity contribution in [2.24, 2.45) is 11.7 Å².